The van der Waals surface area contributed by atoms with E-state index in [-0.39, 0.29) is 5.56 Å². The van der Waals surface area contributed by atoms with E-state index in [2.05, 4.69) is 17.0 Å². The van der Waals surface area contributed by atoms with E-state index in [1.54, 1.807) is 24.3 Å². The fourth-order valence-corrected chi connectivity index (χ4v) is 4.93. The normalized spacial score (nSPS) is 12.0. The van der Waals surface area contributed by atoms with Gasteiger partial charge in [-0.3, -0.25) is 4.79 Å². The van der Waals surface area contributed by atoms with Gasteiger partial charge in [0.2, 0.25) is 4.96 Å². The van der Waals surface area contributed by atoms with Crippen molar-refractivity contribution < 1.29 is 9.15 Å². The molecule has 0 saturated heterocycles. The van der Waals surface area contributed by atoms with Crippen molar-refractivity contribution in [3.63, 3.8) is 0 Å². The lowest BCUT2D eigenvalue weighted by molar-refractivity contribution is 0.305. The number of furan rings is 1. The van der Waals surface area contributed by atoms with E-state index in [4.69, 9.17) is 32.4 Å². The molecule has 184 valence electrons. The Morgan fingerprint density at radius 1 is 1.00 bits per heavy atom. The first-order chi connectivity index (χ1) is 17.5. The van der Waals surface area contributed by atoms with Crippen LogP contribution in [0.4, 0.5) is 0 Å². The molecular formula is C27H23Cl2N3O3S. The fourth-order valence-electron chi connectivity index (χ4n) is 3.74. The van der Waals surface area contributed by atoms with Gasteiger partial charge in [-0.1, -0.05) is 60.7 Å². The van der Waals surface area contributed by atoms with E-state index in [0.717, 1.165) is 23.3 Å². The number of nitrogens with zero attached hydrogens (tertiary/aromatic N) is 3. The number of thiazole rings is 1. The maximum Gasteiger partial charge on any atom is 0.291 e. The lowest BCUT2D eigenvalue weighted by Crippen LogP contribution is -2.23. The summed E-state index contributed by atoms with van der Waals surface area (Å²) in [7, 11) is 0. The number of fused-ring (bicyclic) bond motifs is 1. The largest absolute Gasteiger partial charge is 0.494 e. The Kier molecular flexibility index (Phi) is 7.41. The summed E-state index contributed by atoms with van der Waals surface area (Å²) >= 11 is 13.4. The number of unbranched alkanes of at least 4 members (excludes halogenated alkanes) is 3. The summed E-state index contributed by atoms with van der Waals surface area (Å²) in [6.07, 6.45) is 6.36. The molecule has 3 aromatic heterocycles. The smallest absolute Gasteiger partial charge is 0.291 e. The molecule has 0 bridgehead atoms. The maximum absolute atomic E-state index is 12.9. The molecule has 0 atom stereocenters. The number of aromatic nitrogens is 3. The summed E-state index contributed by atoms with van der Waals surface area (Å²) in [4.78, 5) is 18.0. The number of hydrogen-bond acceptors (Lipinski definition) is 6. The van der Waals surface area contributed by atoms with E-state index in [0.29, 0.717) is 43.5 Å². The van der Waals surface area contributed by atoms with Crippen molar-refractivity contribution in [3.05, 3.63) is 85.3 Å². The number of benzene rings is 2. The molecule has 0 radical (unpaired) electrons. The third-order valence-electron chi connectivity index (χ3n) is 5.67. The van der Waals surface area contributed by atoms with Crippen molar-refractivity contribution in [3.8, 4) is 28.5 Å². The second-order valence-corrected chi connectivity index (χ2v) is 10.1. The molecule has 3 heterocycles. The summed E-state index contributed by atoms with van der Waals surface area (Å²) in [6.45, 7) is 2.90. The molecule has 0 unspecified atom stereocenters. The van der Waals surface area contributed by atoms with Gasteiger partial charge in [0, 0.05) is 17.2 Å². The highest BCUT2D eigenvalue weighted by Crippen LogP contribution is 2.29. The Morgan fingerprint density at radius 3 is 2.56 bits per heavy atom. The highest BCUT2D eigenvalue weighted by Gasteiger charge is 2.13. The first-order valence-corrected chi connectivity index (χ1v) is 13.3. The molecule has 0 amide bonds. The Bertz CT molecular complexity index is 1610. The number of halogens is 2. The predicted octanol–water partition coefficient (Wildman–Crippen LogP) is 6.89. The highest BCUT2D eigenvalue weighted by atomic mass is 35.5. The lowest BCUT2D eigenvalue weighted by atomic mass is 10.2. The SMILES string of the molecule is CCCCCCOc1ccc(-c2nc3s/c(=C/c4ccc(-c5ccc(Cl)c(Cl)c5)o4)c(=O)n3n2)cc1. The quantitative estimate of drug-likeness (QED) is 0.191. The van der Waals surface area contributed by atoms with Gasteiger partial charge < -0.3 is 9.15 Å². The number of hydrogen-bond donors (Lipinski definition) is 0. The average molecular weight is 540 g/mol. The summed E-state index contributed by atoms with van der Waals surface area (Å²) in [5.74, 6) is 2.49. The maximum atomic E-state index is 12.9. The minimum Gasteiger partial charge on any atom is -0.494 e. The van der Waals surface area contributed by atoms with Gasteiger partial charge in [-0.2, -0.15) is 9.50 Å². The van der Waals surface area contributed by atoms with Crippen LogP contribution in [0, 0.1) is 0 Å². The van der Waals surface area contributed by atoms with Crippen molar-refractivity contribution in [2.45, 2.75) is 32.6 Å². The predicted molar refractivity (Wildman–Crippen MR) is 145 cm³/mol. The standard InChI is InChI=1S/C27H23Cl2N3O3S/c1-2-3-4-5-14-34-19-9-6-17(7-10-19)25-30-27-32(31-25)26(33)24(36-27)16-20-11-13-23(35-20)18-8-12-21(28)22(29)15-18/h6-13,15-16H,2-5,14H2,1H3/b24-16+. The molecule has 5 rings (SSSR count). The van der Waals surface area contributed by atoms with Gasteiger partial charge in [0.15, 0.2) is 5.82 Å². The van der Waals surface area contributed by atoms with Crippen LogP contribution in [0.1, 0.15) is 38.4 Å². The van der Waals surface area contributed by atoms with Crippen LogP contribution in [0.5, 0.6) is 5.75 Å². The monoisotopic (exact) mass is 539 g/mol. The first kappa shape index (κ1) is 24.6. The molecule has 36 heavy (non-hydrogen) atoms. The van der Waals surface area contributed by atoms with Crippen LogP contribution in [0.15, 0.2) is 63.8 Å². The molecule has 6 nitrogen and oxygen atoms in total. The van der Waals surface area contributed by atoms with E-state index < -0.39 is 0 Å². The Morgan fingerprint density at radius 2 is 1.81 bits per heavy atom. The van der Waals surface area contributed by atoms with Crippen molar-refractivity contribution in [2.75, 3.05) is 6.61 Å². The number of rotatable bonds is 9. The Labute approximate surface area is 221 Å². The lowest BCUT2D eigenvalue weighted by Gasteiger charge is -2.06. The van der Waals surface area contributed by atoms with Gasteiger partial charge in [-0.15, -0.1) is 5.10 Å². The zero-order valence-electron chi connectivity index (χ0n) is 19.5. The van der Waals surface area contributed by atoms with Crippen molar-refractivity contribution in [2.24, 2.45) is 0 Å². The Hall–Kier alpha value is -3.13. The van der Waals surface area contributed by atoms with Gasteiger partial charge in [-0.25, -0.2) is 0 Å². The number of ether oxygens (including phenoxy) is 1. The average Bonchev–Trinajstić information content (AvgIpc) is 3.59. The van der Waals surface area contributed by atoms with Crippen LogP contribution in [0.25, 0.3) is 33.7 Å². The minimum absolute atomic E-state index is 0.242. The molecule has 0 aliphatic rings. The third-order valence-corrected chi connectivity index (χ3v) is 7.36. The van der Waals surface area contributed by atoms with Crippen LogP contribution in [0.3, 0.4) is 0 Å². The summed E-state index contributed by atoms with van der Waals surface area (Å²) in [5.41, 5.74) is 1.38. The molecular weight excluding hydrogens is 517 g/mol. The Balaban J connectivity index is 1.32. The molecule has 2 aromatic carbocycles. The molecule has 0 aliphatic heterocycles. The van der Waals surface area contributed by atoms with Crippen LogP contribution in [-0.2, 0) is 0 Å². The highest BCUT2D eigenvalue weighted by molar-refractivity contribution is 7.15. The molecule has 0 saturated carbocycles. The van der Waals surface area contributed by atoms with Crippen LogP contribution in [-0.4, -0.2) is 21.2 Å². The summed E-state index contributed by atoms with van der Waals surface area (Å²) in [6, 6.07) is 16.5. The minimum atomic E-state index is -0.242. The van der Waals surface area contributed by atoms with Crippen molar-refractivity contribution in [1.82, 2.24) is 14.6 Å². The zero-order chi connectivity index (χ0) is 25.1. The summed E-state index contributed by atoms with van der Waals surface area (Å²) < 4.78 is 13.5. The van der Waals surface area contributed by atoms with E-state index in [1.807, 2.05) is 36.4 Å². The van der Waals surface area contributed by atoms with Gasteiger partial charge in [0.1, 0.15) is 21.8 Å². The van der Waals surface area contributed by atoms with Crippen LogP contribution in [0.2, 0.25) is 10.0 Å². The molecule has 0 aliphatic carbocycles. The van der Waals surface area contributed by atoms with E-state index >= 15 is 0 Å². The van der Waals surface area contributed by atoms with Gasteiger partial charge in [0.05, 0.1) is 16.7 Å². The first-order valence-electron chi connectivity index (χ1n) is 11.7. The second kappa shape index (κ2) is 10.9. The van der Waals surface area contributed by atoms with Gasteiger partial charge in [-0.05, 0) is 61.0 Å². The zero-order valence-corrected chi connectivity index (χ0v) is 21.9. The molecule has 0 spiro atoms. The van der Waals surface area contributed by atoms with Crippen LogP contribution >= 0.6 is 34.5 Å². The topological polar surface area (TPSA) is 69.6 Å². The molecule has 5 aromatic rings. The van der Waals surface area contributed by atoms with Gasteiger partial charge in [0.25, 0.3) is 5.56 Å². The van der Waals surface area contributed by atoms with Crippen molar-refractivity contribution in [1.29, 1.82) is 0 Å². The van der Waals surface area contributed by atoms with E-state index in [1.165, 1.54) is 35.1 Å². The fraction of sp³-hybridized carbons (Fsp3) is 0.222. The van der Waals surface area contributed by atoms with Crippen molar-refractivity contribution >= 4 is 45.6 Å². The second-order valence-electron chi connectivity index (χ2n) is 8.31. The van der Waals surface area contributed by atoms with Gasteiger partial charge >= 0.3 is 0 Å². The van der Waals surface area contributed by atoms with Crippen LogP contribution < -0.4 is 14.8 Å². The molecule has 0 fully saturated rings. The summed E-state index contributed by atoms with van der Waals surface area (Å²) in [5, 5.41) is 5.35. The van der Waals surface area contributed by atoms with E-state index in [9.17, 15) is 4.79 Å². The molecule has 0 N–H and O–H groups in total. The molecule has 9 heteroatoms. The third kappa shape index (κ3) is 5.33.